The van der Waals surface area contributed by atoms with Gasteiger partial charge in [0.2, 0.25) is 0 Å². The van der Waals surface area contributed by atoms with Crippen LogP contribution in [0.1, 0.15) is 62.3 Å². The van der Waals surface area contributed by atoms with E-state index in [1.54, 1.807) is 0 Å². The third-order valence-electron chi connectivity index (χ3n) is 6.47. The zero-order valence-electron chi connectivity index (χ0n) is 19.2. The van der Waals surface area contributed by atoms with Crippen molar-refractivity contribution >= 4 is 40.3 Å². The normalized spacial score (nSPS) is 22.7. The lowest BCUT2D eigenvalue weighted by molar-refractivity contribution is -0.115. The summed E-state index contributed by atoms with van der Waals surface area (Å²) in [5, 5.41) is 3.55. The van der Waals surface area contributed by atoms with Gasteiger partial charge in [0.15, 0.2) is 5.17 Å². The fourth-order valence-electron chi connectivity index (χ4n) is 4.80. The van der Waals surface area contributed by atoms with Gasteiger partial charge in [0, 0.05) is 17.8 Å². The second-order valence-corrected chi connectivity index (χ2v) is 10.2. The number of nitrogens with zero attached hydrogens (tertiary/aromatic N) is 2. The molecule has 2 heterocycles. The molecule has 0 spiro atoms. The summed E-state index contributed by atoms with van der Waals surface area (Å²) in [4.78, 5) is 20.4. The minimum atomic E-state index is -0.0869. The van der Waals surface area contributed by atoms with E-state index < -0.39 is 0 Å². The van der Waals surface area contributed by atoms with Crippen LogP contribution >= 0.6 is 11.8 Å². The number of hydrogen-bond donors (Lipinski definition) is 1. The van der Waals surface area contributed by atoms with Gasteiger partial charge < -0.3 is 10.2 Å². The number of nitrogens with one attached hydrogen (secondary N) is 1. The second kappa shape index (κ2) is 8.19. The molecule has 1 fully saturated rings. The van der Waals surface area contributed by atoms with E-state index in [4.69, 9.17) is 0 Å². The molecule has 4 nitrogen and oxygen atoms in total. The van der Waals surface area contributed by atoms with Crippen LogP contribution in [0.25, 0.3) is 6.08 Å². The summed E-state index contributed by atoms with van der Waals surface area (Å²) in [5.74, 6) is 0.397. The summed E-state index contributed by atoms with van der Waals surface area (Å²) < 4.78 is 0. The standard InChI is InChI=1S/C26H31N3OS/c1-7-29-22-12-11-19(13-20(22)17(3)15-26(29,5)6)14-23-24(30)28-25(31-23)27-21-10-8-9-16(2)18(21)4/h8-14,17H,7,15H2,1-6H3,(H,27,28,30)/b23-14+. The van der Waals surface area contributed by atoms with Gasteiger partial charge in [-0.2, -0.15) is 0 Å². The van der Waals surface area contributed by atoms with Crippen LogP contribution in [0, 0.1) is 13.8 Å². The summed E-state index contributed by atoms with van der Waals surface area (Å²) in [5.41, 5.74) is 7.12. The molecule has 2 aliphatic rings. The summed E-state index contributed by atoms with van der Waals surface area (Å²) in [7, 11) is 0. The second-order valence-electron chi connectivity index (χ2n) is 9.18. The predicted molar refractivity (Wildman–Crippen MR) is 133 cm³/mol. The van der Waals surface area contributed by atoms with Crippen LogP contribution in [-0.2, 0) is 4.79 Å². The Labute approximate surface area is 189 Å². The quantitative estimate of drug-likeness (QED) is 0.577. The molecule has 1 atom stereocenters. The van der Waals surface area contributed by atoms with Crippen LogP contribution in [0.5, 0.6) is 0 Å². The highest BCUT2D eigenvalue weighted by atomic mass is 32.2. The zero-order chi connectivity index (χ0) is 22.3. The number of rotatable bonds is 3. The van der Waals surface area contributed by atoms with Crippen molar-refractivity contribution in [2.24, 2.45) is 4.99 Å². The Balaban J connectivity index is 1.62. The Morgan fingerprint density at radius 1 is 1.26 bits per heavy atom. The van der Waals surface area contributed by atoms with Gasteiger partial charge in [0.05, 0.1) is 10.6 Å². The molecule has 2 aromatic rings. The number of amidine groups is 1. The van der Waals surface area contributed by atoms with Gasteiger partial charge in [-0.3, -0.25) is 4.79 Å². The molecule has 0 radical (unpaired) electrons. The van der Waals surface area contributed by atoms with Gasteiger partial charge in [-0.1, -0.05) is 25.1 Å². The van der Waals surface area contributed by atoms with Crippen molar-refractivity contribution in [2.45, 2.75) is 59.4 Å². The average Bonchev–Trinajstić information content (AvgIpc) is 3.04. The number of carbonyl (C=O) groups excluding carboxylic acids is 1. The van der Waals surface area contributed by atoms with Crippen LogP contribution in [-0.4, -0.2) is 23.2 Å². The number of benzene rings is 2. The summed E-state index contributed by atoms with van der Waals surface area (Å²) in [6.07, 6.45) is 3.10. The molecule has 5 heteroatoms. The maximum atomic E-state index is 12.6. The number of aliphatic imine (C=N–C) groups is 1. The lowest BCUT2D eigenvalue weighted by atomic mass is 9.79. The third-order valence-corrected chi connectivity index (χ3v) is 7.38. The average molecular weight is 434 g/mol. The van der Waals surface area contributed by atoms with Crippen molar-refractivity contribution in [3.63, 3.8) is 0 Å². The van der Waals surface area contributed by atoms with Crippen LogP contribution < -0.4 is 10.2 Å². The van der Waals surface area contributed by atoms with Crippen molar-refractivity contribution < 1.29 is 4.79 Å². The fourth-order valence-corrected chi connectivity index (χ4v) is 5.63. The van der Waals surface area contributed by atoms with E-state index in [0.29, 0.717) is 16.0 Å². The molecule has 2 aliphatic heterocycles. The third kappa shape index (κ3) is 4.16. The molecular formula is C26H31N3OS. The van der Waals surface area contributed by atoms with E-state index >= 15 is 0 Å². The van der Waals surface area contributed by atoms with E-state index in [-0.39, 0.29) is 11.4 Å². The zero-order valence-corrected chi connectivity index (χ0v) is 20.1. The van der Waals surface area contributed by atoms with Crippen molar-refractivity contribution in [1.29, 1.82) is 0 Å². The molecular weight excluding hydrogens is 402 g/mol. The Morgan fingerprint density at radius 2 is 2.03 bits per heavy atom. The van der Waals surface area contributed by atoms with Crippen molar-refractivity contribution in [3.05, 3.63) is 63.6 Å². The molecule has 4 rings (SSSR count). The first-order chi connectivity index (χ1) is 14.7. The van der Waals surface area contributed by atoms with Crippen LogP contribution in [0.3, 0.4) is 0 Å². The number of anilines is 1. The highest BCUT2D eigenvalue weighted by Crippen LogP contribution is 2.43. The van der Waals surface area contributed by atoms with Crippen molar-refractivity contribution in [3.8, 4) is 0 Å². The first-order valence-electron chi connectivity index (χ1n) is 11.0. The number of carbonyl (C=O) groups is 1. The molecule has 1 unspecified atom stereocenters. The minimum absolute atomic E-state index is 0.0869. The fraction of sp³-hybridized carbons (Fsp3) is 0.385. The molecule has 0 aromatic heterocycles. The number of hydrogen-bond acceptors (Lipinski definition) is 4. The summed E-state index contributed by atoms with van der Waals surface area (Å²) in [6.45, 7) is 14.3. The predicted octanol–water partition coefficient (Wildman–Crippen LogP) is 6.31. The van der Waals surface area contributed by atoms with Gasteiger partial charge in [-0.05, 0) is 105 Å². The topological polar surface area (TPSA) is 44.7 Å². The summed E-state index contributed by atoms with van der Waals surface area (Å²) >= 11 is 1.41. The first kappa shape index (κ1) is 21.7. The Hall–Kier alpha value is -2.53. The van der Waals surface area contributed by atoms with Gasteiger partial charge in [0.1, 0.15) is 0 Å². The van der Waals surface area contributed by atoms with Crippen LogP contribution in [0.2, 0.25) is 0 Å². The van der Waals surface area contributed by atoms with Gasteiger partial charge in [-0.15, -0.1) is 0 Å². The van der Waals surface area contributed by atoms with E-state index in [9.17, 15) is 4.79 Å². The molecule has 2 aromatic carbocycles. The first-order valence-corrected chi connectivity index (χ1v) is 11.8. The lowest BCUT2D eigenvalue weighted by Crippen LogP contribution is -2.48. The maximum absolute atomic E-state index is 12.6. The number of thioether (sulfide) groups is 1. The van der Waals surface area contributed by atoms with E-state index in [0.717, 1.165) is 29.8 Å². The van der Waals surface area contributed by atoms with Crippen LogP contribution in [0.4, 0.5) is 11.4 Å². The summed E-state index contributed by atoms with van der Waals surface area (Å²) in [6, 6.07) is 12.6. The minimum Gasteiger partial charge on any atom is -0.366 e. The number of amides is 1. The smallest absolute Gasteiger partial charge is 0.264 e. The number of aryl methyl sites for hydroxylation is 1. The largest absolute Gasteiger partial charge is 0.366 e. The SMILES string of the molecule is CCN1c2ccc(/C=C3/SC(=Nc4cccc(C)c4C)NC3=O)cc2C(C)CC1(C)C. The molecule has 162 valence electrons. The molecule has 1 saturated heterocycles. The monoisotopic (exact) mass is 433 g/mol. The Kier molecular flexibility index (Phi) is 5.73. The molecule has 31 heavy (non-hydrogen) atoms. The van der Waals surface area contributed by atoms with Gasteiger partial charge in [-0.25, -0.2) is 4.99 Å². The molecule has 0 saturated carbocycles. The van der Waals surface area contributed by atoms with Gasteiger partial charge >= 0.3 is 0 Å². The van der Waals surface area contributed by atoms with E-state index in [1.807, 2.05) is 18.2 Å². The highest BCUT2D eigenvalue weighted by molar-refractivity contribution is 8.18. The molecule has 0 aliphatic carbocycles. The molecule has 0 bridgehead atoms. The number of fused-ring (bicyclic) bond motifs is 1. The Morgan fingerprint density at radius 3 is 2.77 bits per heavy atom. The maximum Gasteiger partial charge on any atom is 0.264 e. The van der Waals surface area contributed by atoms with Crippen molar-refractivity contribution in [1.82, 2.24) is 5.32 Å². The van der Waals surface area contributed by atoms with Gasteiger partial charge in [0.25, 0.3) is 5.91 Å². The Bertz CT molecular complexity index is 1100. The van der Waals surface area contributed by atoms with Crippen LogP contribution in [0.15, 0.2) is 46.3 Å². The van der Waals surface area contributed by atoms with Crippen molar-refractivity contribution in [2.75, 3.05) is 11.4 Å². The highest BCUT2D eigenvalue weighted by Gasteiger charge is 2.35. The lowest BCUT2D eigenvalue weighted by Gasteiger charge is -2.47. The van der Waals surface area contributed by atoms with E-state index in [2.05, 4.69) is 81.0 Å². The molecule has 1 N–H and O–H groups in total. The van der Waals surface area contributed by atoms with E-state index in [1.165, 1.54) is 28.6 Å². The molecule has 1 amide bonds.